The molecule has 1 aromatic carbocycles. The molecular weight excluding hydrogens is 238 g/mol. The zero-order valence-corrected chi connectivity index (χ0v) is 9.48. The van der Waals surface area contributed by atoms with Gasteiger partial charge in [-0.15, -0.1) is 0 Å². The lowest BCUT2D eigenvalue weighted by molar-refractivity contribution is -0.141. The van der Waals surface area contributed by atoms with Gasteiger partial charge in [-0.3, -0.25) is 4.79 Å². The van der Waals surface area contributed by atoms with Gasteiger partial charge in [0.2, 0.25) is 0 Å². The molecule has 0 spiro atoms. The van der Waals surface area contributed by atoms with Crippen LogP contribution in [0.15, 0.2) is 24.3 Å². The van der Waals surface area contributed by atoms with E-state index in [0.717, 1.165) is 4.90 Å². The fourth-order valence-corrected chi connectivity index (χ4v) is 2.04. The van der Waals surface area contributed by atoms with Crippen LogP contribution in [-0.2, 0) is 4.79 Å². The van der Waals surface area contributed by atoms with Crippen molar-refractivity contribution < 1.29 is 24.9 Å². The minimum atomic E-state index is -1.13. The number of aliphatic carboxylic acids is 1. The number of nitrogens with zero attached hydrogens (tertiary/aromatic N) is 1. The van der Waals surface area contributed by atoms with Gasteiger partial charge in [0.1, 0.15) is 11.8 Å². The highest BCUT2D eigenvalue weighted by Gasteiger charge is 2.39. The third-order valence-electron chi connectivity index (χ3n) is 2.94. The Morgan fingerprint density at radius 3 is 2.39 bits per heavy atom. The maximum atomic E-state index is 12.1. The Balaban J connectivity index is 2.22. The fourth-order valence-electron chi connectivity index (χ4n) is 2.04. The van der Waals surface area contributed by atoms with Crippen LogP contribution in [0.1, 0.15) is 16.8 Å². The highest BCUT2D eigenvalue weighted by Crippen LogP contribution is 2.21. The van der Waals surface area contributed by atoms with E-state index in [1.54, 1.807) is 0 Å². The number of hydrogen-bond donors (Lipinski definition) is 3. The third kappa shape index (κ3) is 2.28. The summed E-state index contributed by atoms with van der Waals surface area (Å²) < 4.78 is 0. The number of hydrogen-bond acceptors (Lipinski definition) is 4. The van der Waals surface area contributed by atoms with Gasteiger partial charge in [-0.25, -0.2) is 4.79 Å². The maximum absolute atomic E-state index is 12.1. The molecule has 0 saturated carbocycles. The molecule has 1 aliphatic heterocycles. The molecule has 96 valence electrons. The first kappa shape index (κ1) is 12.4. The lowest BCUT2D eigenvalue weighted by atomic mass is 10.1. The van der Waals surface area contributed by atoms with Crippen molar-refractivity contribution in [1.82, 2.24) is 4.90 Å². The molecule has 6 heteroatoms. The molecule has 6 nitrogen and oxygen atoms in total. The first-order valence-corrected chi connectivity index (χ1v) is 5.50. The number of aliphatic hydroxyl groups excluding tert-OH is 1. The van der Waals surface area contributed by atoms with Gasteiger partial charge < -0.3 is 20.2 Å². The molecule has 0 bridgehead atoms. The smallest absolute Gasteiger partial charge is 0.326 e. The molecule has 1 aliphatic rings. The Hall–Kier alpha value is -2.08. The van der Waals surface area contributed by atoms with Crippen LogP contribution in [0.3, 0.4) is 0 Å². The summed E-state index contributed by atoms with van der Waals surface area (Å²) in [6.07, 6.45) is -0.772. The molecule has 1 saturated heterocycles. The highest BCUT2D eigenvalue weighted by atomic mass is 16.4. The number of carbonyl (C=O) groups is 2. The van der Waals surface area contributed by atoms with E-state index in [9.17, 15) is 14.7 Å². The Kier molecular flexibility index (Phi) is 3.20. The van der Waals surface area contributed by atoms with E-state index in [0.29, 0.717) is 0 Å². The molecule has 18 heavy (non-hydrogen) atoms. The summed E-state index contributed by atoms with van der Waals surface area (Å²) in [5.74, 6) is -1.56. The van der Waals surface area contributed by atoms with Gasteiger partial charge in [-0.1, -0.05) is 0 Å². The number of β-amino-alcohol motifs (C(OH)–C–C–N with tert-alkyl or cyclic N) is 1. The number of phenolic OH excluding ortho intramolecular Hbond substituents is 1. The van der Waals surface area contributed by atoms with Crippen molar-refractivity contribution in [2.75, 3.05) is 6.54 Å². The second-order valence-corrected chi connectivity index (χ2v) is 4.25. The van der Waals surface area contributed by atoms with Gasteiger partial charge in [-0.2, -0.15) is 0 Å². The van der Waals surface area contributed by atoms with Crippen molar-refractivity contribution in [2.24, 2.45) is 0 Å². The fraction of sp³-hybridized carbons (Fsp3) is 0.333. The summed E-state index contributed by atoms with van der Waals surface area (Å²) in [4.78, 5) is 24.2. The van der Waals surface area contributed by atoms with Gasteiger partial charge in [0.25, 0.3) is 5.91 Å². The molecule has 0 radical (unpaired) electrons. The first-order chi connectivity index (χ1) is 8.49. The molecule has 2 atom stereocenters. The molecular formula is C12H13NO5. The molecule has 0 aliphatic carbocycles. The van der Waals surface area contributed by atoms with Crippen LogP contribution in [0.4, 0.5) is 0 Å². The van der Waals surface area contributed by atoms with Crippen molar-refractivity contribution in [3.8, 4) is 5.75 Å². The molecule has 1 heterocycles. The topological polar surface area (TPSA) is 98.1 Å². The van der Waals surface area contributed by atoms with E-state index in [1.807, 2.05) is 0 Å². The number of aromatic hydroxyl groups is 1. The molecule has 3 N–H and O–H groups in total. The lowest BCUT2D eigenvalue weighted by Gasteiger charge is -2.21. The minimum Gasteiger partial charge on any atom is -0.508 e. The van der Waals surface area contributed by atoms with Crippen LogP contribution < -0.4 is 0 Å². The van der Waals surface area contributed by atoms with Crippen LogP contribution in [0, 0.1) is 0 Å². The van der Waals surface area contributed by atoms with Gasteiger partial charge in [0.05, 0.1) is 6.10 Å². The number of rotatable bonds is 2. The quantitative estimate of drug-likeness (QED) is 0.690. The Morgan fingerprint density at radius 1 is 1.22 bits per heavy atom. The number of amides is 1. The largest absolute Gasteiger partial charge is 0.508 e. The molecule has 1 amide bonds. The van der Waals surface area contributed by atoms with Crippen LogP contribution in [0.2, 0.25) is 0 Å². The highest BCUT2D eigenvalue weighted by molar-refractivity contribution is 5.97. The summed E-state index contributed by atoms with van der Waals surface area (Å²) in [6, 6.07) is 4.55. The molecule has 2 rings (SSSR count). The number of likely N-dealkylation sites (tertiary alicyclic amines) is 1. The van der Waals surface area contributed by atoms with E-state index < -0.39 is 24.0 Å². The second kappa shape index (κ2) is 4.66. The van der Waals surface area contributed by atoms with Crippen LogP contribution >= 0.6 is 0 Å². The van der Waals surface area contributed by atoms with Crippen LogP contribution in [0.25, 0.3) is 0 Å². The van der Waals surface area contributed by atoms with Gasteiger partial charge in [0.15, 0.2) is 0 Å². The van der Waals surface area contributed by atoms with E-state index in [1.165, 1.54) is 24.3 Å². The Labute approximate surface area is 103 Å². The van der Waals surface area contributed by atoms with Crippen molar-refractivity contribution in [3.05, 3.63) is 29.8 Å². The normalized spacial score (nSPS) is 23.1. The Bertz CT molecular complexity index is 470. The number of aliphatic hydroxyl groups is 1. The monoisotopic (exact) mass is 251 g/mol. The van der Waals surface area contributed by atoms with E-state index in [-0.39, 0.29) is 24.3 Å². The number of benzene rings is 1. The van der Waals surface area contributed by atoms with E-state index >= 15 is 0 Å². The zero-order chi connectivity index (χ0) is 13.3. The van der Waals surface area contributed by atoms with Crippen molar-refractivity contribution in [2.45, 2.75) is 18.6 Å². The predicted octanol–water partition coefficient (Wildman–Crippen LogP) is 0.0522. The average Bonchev–Trinajstić information content (AvgIpc) is 2.71. The molecule has 1 aromatic rings. The number of carboxylic acids is 1. The summed E-state index contributed by atoms with van der Waals surface area (Å²) in [6.45, 7) is 0.0106. The standard InChI is InChI=1S/C12H13NO5/c14-8-3-1-7(2-4-8)11(16)13-6-9(15)5-10(13)12(17)18/h1-4,9-10,14-15H,5-6H2,(H,17,18). The van der Waals surface area contributed by atoms with Crippen molar-refractivity contribution in [3.63, 3.8) is 0 Å². The van der Waals surface area contributed by atoms with Crippen molar-refractivity contribution in [1.29, 1.82) is 0 Å². The molecule has 0 aromatic heterocycles. The van der Waals surface area contributed by atoms with Gasteiger partial charge in [-0.05, 0) is 24.3 Å². The van der Waals surface area contributed by atoms with Crippen LogP contribution in [-0.4, -0.2) is 50.8 Å². The summed E-state index contributed by atoms with van der Waals surface area (Å²) in [5, 5.41) is 27.6. The second-order valence-electron chi connectivity index (χ2n) is 4.25. The van der Waals surface area contributed by atoms with E-state index in [4.69, 9.17) is 10.2 Å². The summed E-state index contributed by atoms with van der Waals surface area (Å²) in [5.41, 5.74) is 0.285. The van der Waals surface area contributed by atoms with E-state index in [2.05, 4.69) is 0 Å². The average molecular weight is 251 g/mol. The van der Waals surface area contributed by atoms with Gasteiger partial charge >= 0.3 is 5.97 Å². The first-order valence-electron chi connectivity index (χ1n) is 5.50. The van der Waals surface area contributed by atoms with Gasteiger partial charge in [0, 0.05) is 18.5 Å². The SMILES string of the molecule is O=C(O)C1CC(O)CN1C(=O)c1ccc(O)cc1. The number of phenols is 1. The number of carbonyl (C=O) groups excluding carboxylic acids is 1. The minimum absolute atomic E-state index is 0.0106. The number of carboxylic acid groups (broad SMARTS) is 1. The van der Waals surface area contributed by atoms with Crippen LogP contribution in [0.5, 0.6) is 5.75 Å². The maximum Gasteiger partial charge on any atom is 0.326 e. The summed E-state index contributed by atoms with van der Waals surface area (Å²) >= 11 is 0. The molecule has 2 unspecified atom stereocenters. The lowest BCUT2D eigenvalue weighted by Crippen LogP contribution is -2.40. The Morgan fingerprint density at radius 2 is 1.83 bits per heavy atom. The zero-order valence-electron chi connectivity index (χ0n) is 9.48. The summed E-state index contributed by atoms with van der Waals surface area (Å²) in [7, 11) is 0. The third-order valence-corrected chi connectivity index (χ3v) is 2.94. The van der Waals surface area contributed by atoms with Crippen molar-refractivity contribution >= 4 is 11.9 Å². The predicted molar refractivity (Wildman–Crippen MR) is 61.2 cm³/mol. The molecule has 1 fully saturated rings.